The molecule has 0 aliphatic heterocycles. The lowest BCUT2D eigenvalue weighted by Crippen LogP contribution is -2.39. The van der Waals surface area contributed by atoms with E-state index in [4.69, 9.17) is 5.11 Å². The molecule has 1 aromatic heterocycles. The Balaban J connectivity index is 2.66. The van der Waals surface area contributed by atoms with E-state index in [0.29, 0.717) is 6.42 Å². The van der Waals surface area contributed by atoms with E-state index in [9.17, 15) is 9.18 Å². The van der Waals surface area contributed by atoms with E-state index in [0.717, 1.165) is 6.20 Å². The quantitative estimate of drug-likeness (QED) is 0.816. The van der Waals surface area contributed by atoms with Gasteiger partial charge >= 0.3 is 0 Å². The molecule has 4 nitrogen and oxygen atoms in total. The molecule has 5 heteroatoms. The number of amides is 1. The van der Waals surface area contributed by atoms with Gasteiger partial charge in [-0.1, -0.05) is 13.8 Å². The number of nitrogens with one attached hydrogen (secondary N) is 1. The topological polar surface area (TPSA) is 62.2 Å². The van der Waals surface area contributed by atoms with E-state index in [1.807, 2.05) is 13.8 Å². The summed E-state index contributed by atoms with van der Waals surface area (Å²) in [4.78, 5) is 15.5. The van der Waals surface area contributed by atoms with Crippen LogP contribution in [0.25, 0.3) is 0 Å². The second kappa shape index (κ2) is 6.30. The van der Waals surface area contributed by atoms with Gasteiger partial charge in [-0.2, -0.15) is 0 Å². The van der Waals surface area contributed by atoms with E-state index in [2.05, 4.69) is 10.3 Å². The van der Waals surface area contributed by atoms with Crippen molar-refractivity contribution in [3.63, 3.8) is 0 Å². The van der Waals surface area contributed by atoms with Crippen LogP contribution in [0.1, 0.15) is 30.8 Å². The minimum absolute atomic E-state index is 0.0139. The summed E-state index contributed by atoms with van der Waals surface area (Å²) in [7, 11) is 0. The third-order valence-corrected chi connectivity index (χ3v) is 2.52. The molecule has 0 saturated carbocycles. The van der Waals surface area contributed by atoms with Gasteiger partial charge in [0, 0.05) is 12.6 Å². The van der Waals surface area contributed by atoms with Crippen molar-refractivity contribution in [3.8, 4) is 0 Å². The zero-order valence-electron chi connectivity index (χ0n) is 9.98. The van der Waals surface area contributed by atoms with E-state index in [-0.39, 0.29) is 30.2 Å². The number of carbonyl (C=O) groups is 1. The van der Waals surface area contributed by atoms with Crippen molar-refractivity contribution >= 4 is 5.91 Å². The average Bonchev–Trinajstić information content (AvgIpc) is 2.29. The van der Waals surface area contributed by atoms with E-state index in [1.54, 1.807) is 0 Å². The van der Waals surface area contributed by atoms with Gasteiger partial charge in [0.2, 0.25) is 0 Å². The number of hydrogen-bond acceptors (Lipinski definition) is 3. The number of aliphatic hydroxyl groups is 1. The van der Waals surface area contributed by atoms with Gasteiger partial charge in [-0.25, -0.2) is 9.37 Å². The Kier molecular flexibility index (Phi) is 5.03. The summed E-state index contributed by atoms with van der Waals surface area (Å²) in [5.41, 5.74) is 0.176. The van der Waals surface area contributed by atoms with Crippen LogP contribution in [-0.2, 0) is 0 Å². The molecule has 0 fully saturated rings. The van der Waals surface area contributed by atoms with Gasteiger partial charge in [0.05, 0.1) is 6.20 Å². The van der Waals surface area contributed by atoms with E-state index in [1.165, 1.54) is 12.1 Å². The Morgan fingerprint density at radius 3 is 2.71 bits per heavy atom. The van der Waals surface area contributed by atoms with Gasteiger partial charge in [0.1, 0.15) is 11.5 Å². The molecule has 17 heavy (non-hydrogen) atoms. The number of aromatic nitrogens is 1. The lowest BCUT2D eigenvalue weighted by Gasteiger charge is -2.21. The number of carbonyl (C=O) groups excluding carboxylic acids is 1. The Hall–Kier alpha value is -1.49. The number of pyridine rings is 1. The first kappa shape index (κ1) is 13.6. The molecule has 1 atom stereocenters. The Labute approximate surface area is 99.9 Å². The highest BCUT2D eigenvalue weighted by atomic mass is 19.1. The molecule has 1 heterocycles. The number of halogens is 1. The van der Waals surface area contributed by atoms with E-state index >= 15 is 0 Å². The van der Waals surface area contributed by atoms with Crippen LogP contribution in [0.2, 0.25) is 0 Å². The van der Waals surface area contributed by atoms with Gasteiger partial charge in [-0.05, 0) is 24.5 Å². The Bertz CT molecular complexity index is 365. The van der Waals surface area contributed by atoms with Crippen LogP contribution in [-0.4, -0.2) is 28.6 Å². The molecular formula is C12H17FN2O2. The number of nitrogens with zero attached hydrogens (tertiary/aromatic N) is 1. The standard InChI is InChI=1S/C12H17FN2O2/c1-8(2)10(5-6-16)15-12(17)11-4-3-9(13)7-14-11/h3-4,7-8,10,16H,5-6H2,1-2H3,(H,15,17). The molecule has 0 aliphatic rings. The van der Waals surface area contributed by atoms with Crippen LogP contribution in [0, 0.1) is 11.7 Å². The van der Waals surface area contributed by atoms with Crippen molar-refractivity contribution < 1.29 is 14.3 Å². The predicted octanol–water partition coefficient (Wildman–Crippen LogP) is 1.36. The highest BCUT2D eigenvalue weighted by molar-refractivity contribution is 5.92. The SMILES string of the molecule is CC(C)C(CCO)NC(=O)c1ccc(F)cn1. The maximum atomic E-state index is 12.6. The smallest absolute Gasteiger partial charge is 0.270 e. The third-order valence-electron chi connectivity index (χ3n) is 2.52. The molecule has 0 saturated heterocycles. The van der Waals surface area contributed by atoms with Crippen LogP contribution >= 0.6 is 0 Å². The normalized spacial score (nSPS) is 12.5. The molecule has 0 radical (unpaired) electrons. The maximum absolute atomic E-state index is 12.6. The zero-order chi connectivity index (χ0) is 12.8. The third kappa shape index (κ3) is 4.11. The number of aliphatic hydroxyl groups excluding tert-OH is 1. The molecule has 0 aromatic carbocycles. The summed E-state index contributed by atoms with van der Waals surface area (Å²) in [6.45, 7) is 3.93. The second-order valence-corrected chi connectivity index (χ2v) is 4.20. The van der Waals surface area contributed by atoms with Crippen molar-refractivity contribution in [2.45, 2.75) is 26.3 Å². The first-order chi connectivity index (χ1) is 8.04. The lowest BCUT2D eigenvalue weighted by atomic mass is 10.0. The second-order valence-electron chi connectivity index (χ2n) is 4.20. The fourth-order valence-corrected chi connectivity index (χ4v) is 1.46. The molecule has 0 bridgehead atoms. The van der Waals surface area contributed by atoms with Crippen LogP contribution in [0.5, 0.6) is 0 Å². The van der Waals surface area contributed by atoms with Gasteiger partial charge < -0.3 is 10.4 Å². The molecular weight excluding hydrogens is 223 g/mol. The summed E-state index contributed by atoms with van der Waals surface area (Å²) >= 11 is 0. The number of rotatable bonds is 5. The summed E-state index contributed by atoms with van der Waals surface area (Å²) < 4.78 is 12.6. The lowest BCUT2D eigenvalue weighted by molar-refractivity contribution is 0.0911. The van der Waals surface area contributed by atoms with Crippen LogP contribution in [0.15, 0.2) is 18.3 Å². The molecule has 0 spiro atoms. The minimum Gasteiger partial charge on any atom is -0.396 e. The van der Waals surface area contributed by atoms with Crippen LogP contribution in [0.3, 0.4) is 0 Å². The maximum Gasteiger partial charge on any atom is 0.270 e. The molecule has 1 unspecified atom stereocenters. The molecule has 94 valence electrons. The van der Waals surface area contributed by atoms with Gasteiger partial charge in [0.25, 0.3) is 5.91 Å². The fraction of sp³-hybridized carbons (Fsp3) is 0.500. The van der Waals surface area contributed by atoms with Crippen molar-refractivity contribution in [3.05, 3.63) is 29.8 Å². The highest BCUT2D eigenvalue weighted by Gasteiger charge is 2.17. The molecule has 0 aliphatic carbocycles. The highest BCUT2D eigenvalue weighted by Crippen LogP contribution is 2.07. The monoisotopic (exact) mass is 240 g/mol. The zero-order valence-corrected chi connectivity index (χ0v) is 9.98. The molecule has 2 N–H and O–H groups in total. The van der Waals surface area contributed by atoms with Crippen LogP contribution in [0.4, 0.5) is 4.39 Å². The summed E-state index contributed by atoms with van der Waals surface area (Å²) in [6.07, 6.45) is 1.50. The fourth-order valence-electron chi connectivity index (χ4n) is 1.46. The Morgan fingerprint density at radius 2 is 2.24 bits per heavy atom. The van der Waals surface area contributed by atoms with Crippen molar-refractivity contribution in [2.24, 2.45) is 5.92 Å². The van der Waals surface area contributed by atoms with Crippen molar-refractivity contribution in [1.82, 2.24) is 10.3 Å². The van der Waals surface area contributed by atoms with Gasteiger partial charge in [-0.3, -0.25) is 4.79 Å². The summed E-state index contributed by atoms with van der Waals surface area (Å²) in [5, 5.41) is 11.7. The predicted molar refractivity (Wildman–Crippen MR) is 62.0 cm³/mol. The van der Waals surface area contributed by atoms with E-state index < -0.39 is 5.82 Å². The van der Waals surface area contributed by atoms with Crippen molar-refractivity contribution in [2.75, 3.05) is 6.61 Å². The molecule has 1 aromatic rings. The van der Waals surface area contributed by atoms with Gasteiger partial charge in [0.15, 0.2) is 0 Å². The average molecular weight is 240 g/mol. The summed E-state index contributed by atoms with van der Waals surface area (Å²) in [5.74, 6) is -0.610. The number of hydrogen-bond donors (Lipinski definition) is 2. The summed E-state index contributed by atoms with van der Waals surface area (Å²) in [6, 6.07) is 2.42. The van der Waals surface area contributed by atoms with Crippen LogP contribution < -0.4 is 5.32 Å². The Morgan fingerprint density at radius 1 is 1.53 bits per heavy atom. The molecule has 1 rings (SSSR count). The minimum atomic E-state index is -0.475. The van der Waals surface area contributed by atoms with Crippen molar-refractivity contribution in [1.29, 1.82) is 0 Å². The first-order valence-corrected chi connectivity index (χ1v) is 5.58. The van der Waals surface area contributed by atoms with Gasteiger partial charge in [-0.15, -0.1) is 0 Å². The largest absolute Gasteiger partial charge is 0.396 e. The molecule has 1 amide bonds. The first-order valence-electron chi connectivity index (χ1n) is 5.58.